The first-order chi connectivity index (χ1) is 15.0. The first kappa shape index (κ1) is 21.9. The van der Waals surface area contributed by atoms with Crippen molar-refractivity contribution in [1.82, 2.24) is 9.97 Å². The summed E-state index contributed by atoms with van der Waals surface area (Å²) in [6, 6.07) is 13.1. The van der Waals surface area contributed by atoms with Crippen LogP contribution in [-0.2, 0) is 0 Å². The molecule has 3 aromatic rings. The summed E-state index contributed by atoms with van der Waals surface area (Å²) in [5.41, 5.74) is 1.77. The van der Waals surface area contributed by atoms with Gasteiger partial charge in [0, 0.05) is 24.4 Å². The molecule has 1 unspecified atom stereocenters. The maximum atomic E-state index is 13.7. The highest BCUT2D eigenvalue weighted by molar-refractivity contribution is 5.86. The van der Waals surface area contributed by atoms with E-state index >= 15 is 0 Å². The van der Waals surface area contributed by atoms with Gasteiger partial charge < -0.3 is 9.47 Å². The van der Waals surface area contributed by atoms with Gasteiger partial charge >= 0.3 is 5.97 Å². The van der Waals surface area contributed by atoms with Crippen LogP contribution in [-0.4, -0.2) is 22.5 Å². The second kappa shape index (κ2) is 10.3. The van der Waals surface area contributed by atoms with E-state index in [0.29, 0.717) is 6.61 Å². The number of hydrogen-bond acceptors (Lipinski definition) is 6. The number of esters is 1. The fraction of sp³-hybridized carbons (Fsp3) is 0.250. The third kappa shape index (κ3) is 5.64. The molecule has 0 radical (unpaired) electrons. The van der Waals surface area contributed by atoms with Crippen molar-refractivity contribution in [3.63, 3.8) is 0 Å². The number of halogens is 1. The third-order valence-corrected chi connectivity index (χ3v) is 4.77. The summed E-state index contributed by atoms with van der Waals surface area (Å²) in [6.45, 7) is 4.84. The SMILES string of the molecule is CCCCOc1ccc(C(C)c2cnc(C(=O)Oc3ccc(C#N)c(F)c3)nc2)cc1. The minimum absolute atomic E-state index is 0.0161. The zero-order chi connectivity index (χ0) is 22.2. The molecular weight excluding hydrogens is 397 g/mol. The van der Waals surface area contributed by atoms with Gasteiger partial charge in [0.1, 0.15) is 23.4 Å². The number of ether oxygens (including phenoxy) is 2. The Morgan fingerprint density at radius 1 is 1.10 bits per heavy atom. The molecule has 0 N–H and O–H groups in total. The van der Waals surface area contributed by atoms with E-state index in [1.807, 2.05) is 31.2 Å². The van der Waals surface area contributed by atoms with Gasteiger partial charge in [-0.1, -0.05) is 32.4 Å². The van der Waals surface area contributed by atoms with Crippen LogP contribution in [0.25, 0.3) is 0 Å². The first-order valence-corrected chi connectivity index (χ1v) is 9.98. The highest BCUT2D eigenvalue weighted by atomic mass is 19.1. The highest BCUT2D eigenvalue weighted by Crippen LogP contribution is 2.25. The number of benzene rings is 2. The van der Waals surface area contributed by atoms with Crippen LogP contribution in [0.1, 0.15) is 59.9 Å². The van der Waals surface area contributed by atoms with Gasteiger partial charge in [-0.2, -0.15) is 5.26 Å². The fourth-order valence-electron chi connectivity index (χ4n) is 2.85. The molecule has 0 aliphatic heterocycles. The largest absolute Gasteiger partial charge is 0.494 e. The smallest absolute Gasteiger partial charge is 0.381 e. The van der Waals surface area contributed by atoms with Crippen LogP contribution in [0.2, 0.25) is 0 Å². The molecule has 7 heteroatoms. The van der Waals surface area contributed by atoms with Gasteiger partial charge in [0.2, 0.25) is 5.82 Å². The van der Waals surface area contributed by atoms with E-state index in [0.717, 1.165) is 35.8 Å². The van der Waals surface area contributed by atoms with Gasteiger partial charge in [0.15, 0.2) is 0 Å². The van der Waals surface area contributed by atoms with Crippen LogP contribution in [0, 0.1) is 17.1 Å². The van der Waals surface area contributed by atoms with E-state index in [4.69, 9.17) is 14.7 Å². The Labute approximate surface area is 180 Å². The van der Waals surface area contributed by atoms with Gasteiger partial charge in [-0.25, -0.2) is 19.2 Å². The lowest BCUT2D eigenvalue weighted by Crippen LogP contribution is -2.13. The Bertz CT molecular complexity index is 1080. The molecular formula is C24H22FN3O3. The van der Waals surface area contributed by atoms with Crippen molar-refractivity contribution in [3.8, 4) is 17.6 Å². The third-order valence-electron chi connectivity index (χ3n) is 4.77. The second-order valence-corrected chi connectivity index (χ2v) is 6.98. The average molecular weight is 419 g/mol. The van der Waals surface area contributed by atoms with Crippen molar-refractivity contribution in [3.05, 3.63) is 83.2 Å². The van der Waals surface area contributed by atoms with Crippen molar-refractivity contribution in [2.24, 2.45) is 0 Å². The molecule has 0 aliphatic carbocycles. The Hall–Kier alpha value is -3.79. The van der Waals surface area contributed by atoms with Crippen LogP contribution in [0.15, 0.2) is 54.9 Å². The number of carbonyl (C=O) groups excluding carboxylic acids is 1. The van der Waals surface area contributed by atoms with E-state index < -0.39 is 11.8 Å². The molecule has 1 atom stereocenters. The fourth-order valence-corrected chi connectivity index (χ4v) is 2.85. The number of unbranched alkanes of at least 4 members (excludes halogenated alkanes) is 1. The van der Waals surface area contributed by atoms with Gasteiger partial charge in [-0.3, -0.25) is 0 Å². The molecule has 1 heterocycles. The van der Waals surface area contributed by atoms with Crippen molar-refractivity contribution >= 4 is 5.97 Å². The molecule has 1 aromatic heterocycles. The normalized spacial score (nSPS) is 11.4. The molecule has 31 heavy (non-hydrogen) atoms. The predicted molar refractivity (Wildman–Crippen MR) is 112 cm³/mol. The second-order valence-electron chi connectivity index (χ2n) is 6.98. The standard InChI is InChI=1S/C24H22FN3O3/c1-3-4-11-30-20-8-5-17(6-9-20)16(2)19-14-27-23(28-15-19)24(29)31-21-10-7-18(13-26)22(25)12-21/h5-10,12,14-16H,3-4,11H2,1-2H3. The van der Waals surface area contributed by atoms with E-state index in [9.17, 15) is 9.18 Å². The number of hydrogen-bond donors (Lipinski definition) is 0. The van der Waals surface area contributed by atoms with E-state index in [1.54, 1.807) is 18.5 Å². The van der Waals surface area contributed by atoms with Crippen LogP contribution in [0.3, 0.4) is 0 Å². The highest BCUT2D eigenvalue weighted by Gasteiger charge is 2.16. The quantitative estimate of drug-likeness (QED) is 0.289. The molecule has 0 fully saturated rings. The minimum Gasteiger partial charge on any atom is -0.494 e. The lowest BCUT2D eigenvalue weighted by Gasteiger charge is -2.13. The Morgan fingerprint density at radius 2 is 1.77 bits per heavy atom. The maximum absolute atomic E-state index is 13.7. The molecule has 0 aliphatic rings. The summed E-state index contributed by atoms with van der Waals surface area (Å²) in [5.74, 6) is -0.888. The Kier molecular flexibility index (Phi) is 7.28. The monoisotopic (exact) mass is 419 g/mol. The lowest BCUT2D eigenvalue weighted by molar-refractivity contribution is 0.0721. The maximum Gasteiger partial charge on any atom is 0.381 e. The van der Waals surface area contributed by atoms with Crippen LogP contribution >= 0.6 is 0 Å². The lowest BCUT2D eigenvalue weighted by atomic mass is 9.95. The number of aromatic nitrogens is 2. The number of carbonyl (C=O) groups is 1. The molecule has 0 bridgehead atoms. The molecule has 0 amide bonds. The molecule has 158 valence electrons. The summed E-state index contributed by atoms with van der Waals surface area (Å²) < 4.78 is 24.4. The molecule has 2 aromatic carbocycles. The molecule has 0 spiro atoms. The first-order valence-electron chi connectivity index (χ1n) is 9.98. The van der Waals surface area contributed by atoms with Crippen LogP contribution in [0.5, 0.6) is 11.5 Å². The zero-order valence-electron chi connectivity index (χ0n) is 17.3. The zero-order valence-corrected chi connectivity index (χ0v) is 17.3. The average Bonchev–Trinajstić information content (AvgIpc) is 2.79. The van der Waals surface area contributed by atoms with Gasteiger partial charge in [-0.15, -0.1) is 0 Å². The van der Waals surface area contributed by atoms with Gasteiger partial charge in [-0.05, 0) is 41.8 Å². The van der Waals surface area contributed by atoms with Crippen molar-refractivity contribution in [1.29, 1.82) is 5.26 Å². The van der Waals surface area contributed by atoms with Crippen molar-refractivity contribution in [2.75, 3.05) is 6.61 Å². The number of nitrogens with zero attached hydrogens (tertiary/aromatic N) is 3. The van der Waals surface area contributed by atoms with Crippen LogP contribution in [0.4, 0.5) is 4.39 Å². The molecule has 0 saturated heterocycles. The summed E-state index contributed by atoms with van der Waals surface area (Å²) in [5, 5.41) is 8.76. The number of rotatable bonds is 8. The Balaban J connectivity index is 1.64. The van der Waals surface area contributed by atoms with Crippen molar-refractivity contribution < 1.29 is 18.7 Å². The van der Waals surface area contributed by atoms with E-state index in [2.05, 4.69) is 16.9 Å². The van der Waals surface area contributed by atoms with E-state index in [-0.39, 0.29) is 23.1 Å². The van der Waals surface area contributed by atoms with Gasteiger partial charge in [0.25, 0.3) is 0 Å². The predicted octanol–water partition coefficient (Wildman–Crippen LogP) is 5.04. The summed E-state index contributed by atoms with van der Waals surface area (Å²) >= 11 is 0. The molecule has 3 rings (SSSR count). The topological polar surface area (TPSA) is 85.1 Å². The summed E-state index contributed by atoms with van der Waals surface area (Å²) in [4.78, 5) is 20.4. The van der Waals surface area contributed by atoms with Crippen molar-refractivity contribution in [2.45, 2.75) is 32.6 Å². The van der Waals surface area contributed by atoms with Crippen LogP contribution < -0.4 is 9.47 Å². The molecule has 0 saturated carbocycles. The molecule has 6 nitrogen and oxygen atoms in total. The summed E-state index contributed by atoms with van der Waals surface area (Å²) in [7, 11) is 0. The minimum atomic E-state index is -0.808. The van der Waals surface area contributed by atoms with Gasteiger partial charge in [0.05, 0.1) is 12.2 Å². The Morgan fingerprint density at radius 3 is 2.39 bits per heavy atom. The van der Waals surface area contributed by atoms with E-state index in [1.165, 1.54) is 12.1 Å². The summed E-state index contributed by atoms with van der Waals surface area (Å²) in [6.07, 6.45) is 5.24. The number of nitriles is 1.